The molecule has 0 amide bonds. The molecule has 0 atom stereocenters. The number of carboxylic acid groups (broad SMARTS) is 1. The van der Waals surface area contributed by atoms with Gasteiger partial charge in [0.05, 0.1) is 6.42 Å². The number of hydrogen-bond acceptors (Lipinski definition) is 2. The first-order valence-electron chi connectivity index (χ1n) is 3.96. The first-order valence-corrected chi connectivity index (χ1v) is 3.96. The zero-order valence-electron chi connectivity index (χ0n) is 7.50. The molecule has 0 bridgehead atoms. The van der Waals surface area contributed by atoms with Gasteiger partial charge < -0.3 is 5.11 Å². The molecular weight excluding hydrogens is 192 g/mol. The van der Waals surface area contributed by atoms with Crippen LogP contribution >= 0.6 is 0 Å². The second-order valence-corrected chi connectivity index (χ2v) is 2.90. The normalized spacial score (nSPS) is 10.6. The lowest BCUT2D eigenvalue weighted by molar-refractivity contribution is -0.136. The molecule has 1 aromatic rings. The van der Waals surface area contributed by atoms with Gasteiger partial charge in [0.2, 0.25) is 0 Å². The van der Waals surface area contributed by atoms with E-state index in [0.717, 1.165) is 0 Å². The number of aryl methyl sites for hydroxylation is 1. The molecule has 1 rings (SSSR count). The highest BCUT2D eigenvalue weighted by atomic mass is 19.3. The van der Waals surface area contributed by atoms with Gasteiger partial charge in [-0.25, -0.2) is 8.78 Å². The monoisotopic (exact) mass is 201 g/mol. The fraction of sp³-hybridized carbons (Fsp3) is 0.333. The third-order valence-electron chi connectivity index (χ3n) is 1.74. The van der Waals surface area contributed by atoms with Crippen molar-refractivity contribution in [2.45, 2.75) is 19.8 Å². The Morgan fingerprint density at radius 2 is 2.29 bits per heavy atom. The maximum atomic E-state index is 12.4. The van der Waals surface area contributed by atoms with Gasteiger partial charge in [0.15, 0.2) is 0 Å². The number of alkyl halides is 2. The quantitative estimate of drug-likeness (QED) is 0.813. The van der Waals surface area contributed by atoms with Crippen LogP contribution in [0.1, 0.15) is 23.2 Å². The molecule has 5 heteroatoms. The summed E-state index contributed by atoms with van der Waals surface area (Å²) >= 11 is 0. The molecule has 0 unspecified atom stereocenters. The van der Waals surface area contributed by atoms with Crippen molar-refractivity contribution in [3.05, 3.63) is 29.1 Å². The fourth-order valence-corrected chi connectivity index (χ4v) is 1.12. The number of carbonyl (C=O) groups is 1. The van der Waals surface area contributed by atoms with Gasteiger partial charge in [-0.1, -0.05) is 0 Å². The Morgan fingerprint density at radius 3 is 2.79 bits per heavy atom. The van der Waals surface area contributed by atoms with Crippen molar-refractivity contribution in [1.82, 2.24) is 4.98 Å². The molecule has 0 spiro atoms. The van der Waals surface area contributed by atoms with Crippen LogP contribution in [-0.4, -0.2) is 16.1 Å². The number of aliphatic carboxylic acids is 1. The van der Waals surface area contributed by atoms with E-state index in [9.17, 15) is 13.6 Å². The predicted octanol–water partition coefficient (Wildman–Crippen LogP) is 1.95. The number of carboxylic acids is 1. The molecule has 14 heavy (non-hydrogen) atoms. The zero-order valence-corrected chi connectivity index (χ0v) is 7.50. The molecule has 0 saturated heterocycles. The summed E-state index contributed by atoms with van der Waals surface area (Å²) in [5.74, 6) is -1.14. The molecule has 1 heterocycles. The lowest BCUT2D eigenvalue weighted by atomic mass is 10.1. The van der Waals surface area contributed by atoms with E-state index < -0.39 is 18.8 Å². The van der Waals surface area contributed by atoms with Gasteiger partial charge in [0.1, 0.15) is 0 Å². The average Bonchev–Trinajstić information content (AvgIpc) is 2.07. The topological polar surface area (TPSA) is 50.2 Å². The first kappa shape index (κ1) is 10.6. The summed E-state index contributed by atoms with van der Waals surface area (Å²) in [6.07, 6.45) is -1.90. The number of aromatic nitrogens is 1. The summed E-state index contributed by atoms with van der Waals surface area (Å²) < 4.78 is 24.9. The van der Waals surface area contributed by atoms with Gasteiger partial charge in [-0.05, 0) is 18.6 Å². The summed E-state index contributed by atoms with van der Waals surface area (Å²) in [7, 11) is 0. The molecule has 0 aliphatic rings. The average molecular weight is 201 g/mol. The molecule has 1 aromatic heterocycles. The van der Waals surface area contributed by atoms with Crippen LogP contribution in [0.5, 0.6) is 0 Å². The molecule has 0 radical (unpaired) electrons. The van der Waals surface area contributed by atoms with Crippen LogP contribution in [-0.2, 0) is 11.2 Å². The molecule has 0 aliphatic heterocycles. The molecule has 76 valence electrons. The van der Waals surface area contributed by atoms with E-state index in [0.29, 0.717) is 5.69 Å². The van der Waals surface area contributed by atoms with Gasteiger partial charge in [-0.2, -0.15) is 0 Å². The standard InChI is InChI=1S/C9H9F2NO2/c1-5-2-7(9(10)11)6(4-12-5)3-8(13)14/h2,4,9H,3H2,1H3,(H,13,14). The summed E-state index contributed by atoms with van der Waals surface area (Å²) in [5, 5.41) is 8.47. The molecule has 0 aromatic carbocycles. The lowest BCUT2D eigenvalue weighted by Crippen LogP contribution is -2.05. The molecule has 0 saturated carbocycles. The van der Waals surface area contributed by atoms with Gasteiger partial charge in [-0.15, -0.1) is 0 Å². The van der Waals surface area contributed by atoms with Crippen molar-refractivity contribution in [3.8, 4) is 0 Å². The molecular formula is C9H9F2NO2. The fourth-order valence-electron chi connectivity index (χ4n) is 1.12. The summed E-state index contributed by atoms with van der Waals surface area (Å²) in [4.78, 5) is 14.1. The number of rotatable bonds is 3. The summed E-state index contributed by atoms with van der Waals surface area (Å²) in [6.45, 7) is 1.58. The second kappa shape index (κ2) is 4.13. The highest BCUT2D eigenvalue weighted by molar-refractivity contribution is 5.70. The Morgan fingerprint density at radius 1 is 1.64 bits per heavy atom. The number of pyridine rings is 1. The Labute approximate surface area is 79.4 Å². The van der Waals surface area contributed by atoms with Crippen molar-refractivity contribution in [2.24, 2.45) is 0 Å². The zero-order chi connectivity index (χ0) is 10.7. The molecule has 0 aliphatic carbocycles. The van der Waals surface area contributed by atoms with E-state index in [4.69, 9.17) is 5.11 Å². The van der Waals surface area contributed by atoms with Crippen molar-refractivity contribution >= 4 is 5.97 Å². The minimum atomic E-state index is -2.66. The van der Waals surface area contributed by atoms with Crippen molar-refractivity contribution in [2.75, 3.05) is 0 Å². The Balaban J connectivity index is 3.08. The Hall–Kier alpha value is -1.52. The van der Waals surface area contributed by atoms with E-state index in [2.05, 4.69) is 4.98 Å². The van der Waals surface area contributed by atoms with Crippen LogP contribution in [0.2, 0.25) is 0 Å². The predicted molar refractivity (Wildman–Crippen MR) is 45.3 cm³/mol. The highest BCUT2D eigenvalue weighted by Crippen LogP contribution is 2.23. The largest absolute Gasteiger partial charge is 0.481 e. The van der Waals surface area contributed by atoms with Crippen molar-refractivity contribution < 1.29 is 18.7 Å². The molecule has 1 N–H and O–H groups in total. The molecule has 3 nitrogen and oxygen atoms in total. The van der Waals surface area contributed by atoms with Crippen LogP contribution in [0.4, 0.5) is 8.78 Å². The maximum Gasteiger partial charge on any atom is 0.307 e. The molecule has 0 fully saturated rings. The highest BCUT2D eigenvalue weighted by Gasteiger charge is 2.15. The number of nitrogens with zero attached hydrogens (tertiary/aromatic N) is 1. The summed E-state index contributed by atoms with van der Waals surface area (Å²) in [6, 6.07) is 1.21. The van der Waals surface area contributed by atoms with Crippen LogP contribution in [0.3, 0.4) is 0 Å². The van der Waals surface area contributed by atoms with Gasteiger partial charge in [-0.3, -0.25) is 9.78 Å². The van der Waals surface area contributed by atoms with E-state index in [-0.39, 0.29) is 11.1 Å². The Bertz CT molecular complexity index is 353. The number of halogens is 2. The van der Waals surface area contributed by atoms with E-state index in [1.807, 2.05) is 0 Å². The van der Waals surface area contributed by atoms with Crippen molar-refractivity contribution in [1.29, 1.82) is 0 Å². The second-order valence-electron chi connectivity index (χ2n) is 2.90. The first-order chi connectivity index (χ1) is 6.50. The van der Waals surface area contributed by atoms with Gasteiger partial charge in [0, 0.05) is 17.5 Å². The SMILES string of the molecule is Cc1cc(C(F)F)c(CC(=O)O)cn1. The van der Waals surface area contributed by atoms with Crippen LogP contribution < -0.4 is 0 Å². The third-order valence-corrected chi connectivity index (χ3v) is 1.74. The van der Waals surface area contributed by atoms with Crippen LogP contribution in [0, 0.1) is 6.92 Å². The smallest absolute Gasteiger partial charge is 0.307 e. The maximum absolute atomic E-state index is 12.4. The minimum absolute atomic E-state index is 0.0677. The summed E-state index contributed by atoms with van der Waals surface area (Å²) in [5.41, 5.74) is 0.271. The number of hydrogen-bond donors (Lipinski definition) is 1. The minimum Gasteiger partial charge on any atom is -0.481 e. The Kier molecular flexibility index (Phi) is 3.11. The van der Waals surface area contributed by atoms with Crippen molar-refractivity contribution in [3.63, 3.8) is 0 Å². The lowest BCUT2D eigenvalue weighted by Gasteiger charge is -2.06. The van der Waals surface area contributed by atoms with Gasteiger partial charge >= 0.3 is 5.97 Å². The third kappa shape index (κ3) is 2.48. The van der Waals surface area contributed by atoms with E-state index in [1.54, 1.807) is 6.92 Å². The van der Waals surface area contributed by atoms with E-state index >= 15 is 0 Å². The van der Waals surface area contributed by atoms with E-state index in [1.165, 1.54) is 12.3 Å². The van der Waals surface area contributed by atoms with Gasteiger partial charge in [0.25, 0.3) is 6.43 Å². The van der Waals surface area contributed by atoms with Crippen LogP contribution in [0.15, 0.2) is 12.3 Å². The van der Waals surface area contributed by atoms with Crippen LogP contribution in [0.25, 0.3) is 0 Å².